The molecule has 0 bridgehead atoms. The molecule has 0 aliphatic heterocycles. The second kappa shape index (κ2) is 11.3. The molecule has 0 aromatic heterocycles. The first kappa shape index (κ1) is 20.8. The summed E-state index contributed by atoms with van der Waals surface area (Å²) in [6.45, 7) is 3.41. The Morgan fingerprint density at radius 3 is 2.32 bits per heavy atom. The molecule has 1 aromatic carbocycles. The molecule has 0 unspecified atom stereocenters. The van der Waals surface area contributed by atoms with Crippen LogP contribution in [0.15, 0.2) is 23.1 Å². The van der Waals surface area contributed by atoms with Crippen molar-refractivity contribution in [2.24, 2.45) is 0 Å². The van der Waals surface area contributed by atoms with Gasteiger partial charge in [0.25, 0.3) is 0 Å². The van der Waals surface area contributed by atoms with E-state index in [9.17, 15) is 13.2 Å². The number of rotatable bonds is 4. The van der Waals surface area contributed by atoms with Gasteiger partial charge in [0.15, 0.2) is 0 Å². The summed E-state index contributed by atoms with van der Waals surface area (Å²) in [4.78, 5) is 19.4. The Kier molecular flexibility index (Phi) is 12.4. The molecule has 0 aliphatic carbocycles. The van der Waals surface area contributed by atoms with Crippen LogP contribution < -0.4 is 0 Å². The minimum atomic E-state index is -2.44. The Bertz CT molecular complexity index is 495. The molecule has 0 saturated carbocycles. The van der Waals surface area contributed by atoms with Crippen molar-refractivity contribution in [1.82, 2.24) is 0 Å². The number of benzene rings is 1. The largest absolute Gasteiger partial charge is 0.653 e. The summed E-state index contributed by atoms with van der Waals surface area (Å²) in [6.07, 6.45) is 0. The molecule has 9 heteroatoms. The predicted molar refractivity (Wildman–Crippen MR) is 62.7 cm³/mol. The third-order valence-electron chi connectivity index (χ3n) is 1.56. The van der Waals surface area contributed by atoms with Crippen LogP contribution in [0, 0.1) is 0 Å². The molecule has 0 amide bonds. The molecule has 0 atom stereocenters. The number of hydrogen-bond donors (Lipinski definition) is 1. The predicted octanol–water partition coefficient (Wildman–Crippen LogP) is 1.79. The van der Waals surface area contributed by atoms with E-state index in [1.807, 2.05) is 0 Å². The zero-order chi connectivity index (χ0) is 14.1. The van der Waals surface area contributed by atoms with Crippen molar-refractivity contribution in [3.8, 4) is 0 Å². The first-order valence-corrected chi connectivity index (χ1v) is 6.00. The number of halogens is 1. The van der Waals surface area contributed by atoms with Gasteiger partial charge in [0, 0.05) is 44.3 Å². The van der Waals surface area contributed by atoms with Crippen LogP contribution in [-0.2, 0) is 61.4 Å². The maximum atomic E-state index is 10.5. The SMILES string of the molecule is CCO[C-]=O.O=C(O)c1ccc([S-](=O)=O)c(Cl)c1.[Y]. The number of ether oxygens (including phenoxy) is 1. The quantitative estimate of drug-likeness (QED) is 0.631. The summed E-state index contributed by atoms with van der Waals surface area (Å²) in [5.41, 5.74) is -0.0424. The van der Waals surface area contributed by atoms with E-state index >= 15 is 0 Å². The molecule has 0 spiro atoms. The zero-order valence-electron chi connectivity index (χ0n) is 9.79. The molecule has 1 rings (SSSR count). The third kappa shape index (κ3) is 8.31. The van der Waals surface area contributed by atoms with Crippen molar-refractivity contribution in [3.05, 3.63) is 28.8 Å². The van der Waals surface area contributed by atoms with Crippen molar-refractivity contribution in [3.63, 3.8) is 0 Å². The Labute approximate surface area is 141 Å². The van der Waals surface area contributed by atoms with Crippen LogP contribution in [0.3, 0.4) is 0 Å². The fourth-order valence-corrected chi connectivity index (χ4v) is 1.59. The molecule has 103 valence electrons. The fourth-order valence-electron chi connectivity index (χ4n) is 0.828. The molecule has 1 N–H and O–H groups in total. The summed E-state index contributed by atoms with van der Waals surface area (Å²) in [6, 6.07) is 3.42. The van der Waals surface area contributed by atoms with E-state index < -0.39 is 16.7 Å². The van der Waals surface area contributed by atoms with Gasteiger partial charge in [-0.3, -0.25) is 0 Å². The van der Waals surface area contributed by atoms with Crippen LogP contribution >= 0.6 is 11.6 Å². The van der Waals surface area contributed by atoms with Crippen LogP contribution in [0.1, 0.15) is 17.3 Å². The molecule has 0 saturated heterocycles. The summed E-state index contributed by atoms with van der Waals surface area (Å²) in [7, 11) is -2.44. The second-order valence-corrected chi connectivity index (χ2v) is 4.02. The summed E-state index contributed by atoms with van der Waals surface area (Å²) in [5, 5.41) is 8.44. The molecule has 1 radical (unpaired) electrons. The van der Waals surface area contributed by atoms with Crippen molar-refractivity contribution < 1.29 is 60.6 Å². The Morgan fingerprint density at radius 2 is 2.05 bits per heavy atom. The molecular weight excluding hydrogens is 373 g/mol. The number of carboxylic acid groups (broad SMARTS) is 1. The van der Waals surface area contributed by atoms with Crippen molar-refractivity contribution in [1.29, 1.82) is 0 Å². The van der Waals surface area contributed by atoms with Crippen LogP contribution in [0.5, 0.6) is 0 Å². The third-order valence-corrected chi connectivity index (χ3v) is 2.70. The average molecular weight is 382 g/mol. The minimum Gasteiger partial charge on any atom is -0.653 e. The average Bonchev–Trinajstić information content (AvgIpc) is 2.30. The van der Waals surface area contributed by atoms with E-state index in [1.165, 1.54) is 12.5 Å². The van der Waals surface area contributed by atoms with Gasteiger partial charge in [-0.05, 0) is 29.8 Å². The number of carbonyl (C=O) groups excluding carboxylic acids is 1. The van der Waals surface area contributed by atoms with Crippen molar-refractivity contribution >= 4 is 34.7 Å². The molecule has 0 fully saturated rings. The maximum Gasteiger partial charge on any atom is 0.335 e. The van der Waals surface area contributed by atoms with E-state index in [2.05, 4.69) is 4.74 Å². The van der Waals surface area contributed by atoms with Crippen LogP contribution in [-0.4, -0.2) is 24.2 Å². The van der Waals surface area contributed by atoms with Crippen molar-refractivity contribution in [2.45, 2.75) is 11.8 Å². The summed E-state index contributed by atoms with van der Waals surface area (Å²) >= 11 is 5.51. The Hall–Kier alpha value is -0.496. The van der Waals surface area contributed by atoms with Gasteiger partial charge >= 0.3 is 5.97 Å². The molecule has 19 heavy (non-hydrogen) atoms. The molecular formula is C10H9ClO6SY-2. The van der Waals surface area contributed by atoms with Crippen LogP contribution in [0.25, 0.3) is 0 Å². The first-order chi connectivity index (χ1) is 8.43. The Morgan fingerprint density at radius 1 is 1.47 bits per heavy atom. The van der Waals surface area contributed by atoms with Crippen molar-refractivity contribution in [2.75, 3.05) is 6.61 Å². The first-order valence-electron chi connectivity index (χ1n) is 4.55. The van der Waals surface area contributed by atoms with Gasteiger partial charge in [-0.1, -0.05) is 29.0 Å². The number of hydrogen-bond acceptors (Lipinski definition) is 6. The number of carbonyl (C=O) groups is 1. The van der Waals surface area contributed by atoms with E-state index in [4.69, 9.17) is 21.5 Å². The second-order valence-electron chi connectivity index (χ2n) is 2.70. The van der Waals surface area contributed by atoms with Gasteiger partial charge in [0.1, 0.15) is 0 Å². The van der Waals surface area contributed by atoms with Gasteiger partial charge in [-0.15, -0.1) is 0 Å². The summed E-state index contributed by atoms with van der Waals surface area (Å²) < 4.78 is 25.0. The monoisotopic (exact) mass is 381 g/mol. The number of aromatic carboxylic acids is 1. The minimum absolute atomic E-state index is 0. The fraction of sp³-hybridized carbons (Fsp3) is 0.200. The van der Waals surface area contributed by atoms with Gasteiger partial charge in [-0.2, -0.15) is 0 Å². The van der Waals surface area contributed by atoms with Gasteiger partial charge < -0.3 is 23.1 Å². The molecule has 1 aromatic rings. The van der Waals surface area contributed by atoms with E-state index in [1.54, 1.807) is 6.92 Å². The van der Waals surface area contributed by atoms with Crippen LogP contribution in [0.4, 0.5) is 0 Å². The van der Waals surface area contributed by atoms with Gasteiger partial charge in [0.05, 0.1) is 5.56 Å². The molecule has 0 aliphatic rings. The van der Waals surface area contributed by atoms with E-state index in [0.717, 1.165) is 12.1 Å². The van der Waals surface area contributed by atoms with E-state index in [0.29, 0.717) is 6.61 Å². The van der Waals surface area contributed by atoms with Crippen LogP contribution in [0.2, 0.25) is 5.02 Å². The molecule has 6 nitrogen and oxygen atoms in total. The maximum absolute atomic E-state index is 10.5. The number of carboxylic acids is 1. The smallest absolute Gasteiger partial charge is 0.335 e. The standard InChI is InChI=1S/C7H4ClO4S.C3H5O2.Y/c8-5-3-4(7(9)10)1-2-6(5)13(11)12;1-2-5-3-4;/h1-3H,(H,9,10);2H2,1H3;/q2*-1;. The van der Waals surface area contributed by atoms with E-state index in [-0.39, 0.29) is 48.2 Å². The molecule has 0 heterocycles. The topological polar surface area (TPSA) is 97.7 Å². The zero-order valence-corrected chi connectivity index (χ0v) is 14.2. The van der Waals surface area contributed by atoms with Gasteiger partial charge in [-0.25, -0.2) is 4.79 Å². The normalized spacial score (nSPS) is 8.79. The summed E-state index contributed by atoms with van der Waals surface area (Å²) in [5.74, 6) is -1.15. The Balaban J connectivity index is 0. The van der Waals surface area contributed by atoms with Gasteiger partial charge in [0.2, 0.25) is 0 Å².